The molecular weight excluding hydrogens is 306 g/mol. The second-order valence-electron chi connectivity index (χ2n) is 4.93. The molecule has 1 atom stereocenters. The fourth-order valence-electron chi connectivity index (χ4n) is 2.19. The van der Waals surface area contributed by atoms with Crippen molar-refractivity contribution in [1.29, 1.82) is 0 Å². The summed E-state index contributed by atoms with van der Waals surface area (Å²) in [7, 11) is 1.42. The number of anilines is 1. The number of hydrogen-bond acceptors (Lipinski definition) is 6. The van der Waals surface area contributed by atoms with E-state index in [4.69, 9.17) is 15.6 Å². The Morgan fingerprint density at radius 1 is 1.41 bits per heavy atom. The van der Waals surface area contributed by atoms with Crippen LogP contribution in [0.3, 0.4) is 0 Å². The molecule has 0 amide bonds. The lowest BCUT2D eigenvalue weighted by Gasteiger charge is -2.06. The van der Waals surface area contributed by atoms with Gasteiger partial charge in [-0.25, -0.2) is 0 Å². The number of aromatic hydroxyl groups is 1. The van der Waals surface area contributed by atoms with E-state index in [0.717, 1.165) is 0 Å². The summed E-state index contributed by atoms with van der Waals surface area (Å²) >= 11 is 1.21. The highest BCUT2D eigenvalue weighted by Gasteiger charge is 2.22. The van der Waals surface area contributed by atoms with Crippen LogP contribution in [-0.2, 0) is 4.79 Å². The van der Waals surface area contributed by atoms with Crippen LogP contribution in [0.5, 0.6) is 11.5 Å². The number of nitrogens with two attached hydrogens (primary N) is 1. The van der Waals surface area contributed by atoms with E-state index in [2.05, 4.69) is 0 Å². The van der Waals surface area contributed by atoms with Crippen molar-refractivity contribution >= 4 is 38.9 Å². The van der Waals surface area contributed by atoms with Crippen LogP contribution in [0.4, 0.5) is 5.69 Å². The smallest absolute Gasteiger partial charge is 0.306 e. The summed E-state index contributed by atoms with van der Waals surface area (Å²) in [6, 6.07) is 3.20. The molecule has 0 aliphatic heterocycles. The van der Waals surface area contributed by atoms with Crippen molar-refractivity contribution in [2.45, 2.75) is 19.8 Å². The number of phenolic OH excluding ortho intramolecular Hbond substituents is 1. The van der Waals surface area contributed by atoms with Gasteiger partial charge in [0.25, 0.3) is 0 Å². The van der Waals surface area contributed by atoms with Crippen molar-refractivity contribution in [3.63, 3.8) is 0 Å². The molecule has 0 saturated carbocycles. The van der Waals surface area contributed by atoms with Gasteiger partial charge in [-0.05, 0) is 12.5 Å². The number of nitrogen functional groups attached to an aromatic ring is 1. The number of fused-ring (bicyclic) bond motifs is 1. The normalized spacial score (nSPS) is 12.3. The second kappa shape index (κ2) is 6.23. The first kappa shape index (κ1) is 16.1. The van der Waals surface area contributed by atoms with Gasteiger partial charge in [-0.2, -0.15) is 0 Å². The topological polar surface area (TPSA) is 110 Å². The molecule has 0 radical (unpaired) electrons. The largest absolute Gasteiger partial charge is 0.503 e. The average molecular weight is 323 g/mol. The second-order valence-corrected chi connectivity index (χ2v) is 6.02. The van der Waals surface area contributed by atoms with Gasteiger partial charge >= 0.3 is 5.97 Å². The first-order valence-electron chi connectivity index (χ1n) is 6.74. The number of carbonyl (C=O) groups excluding carboxylic acids is 1. The monoisotopic (exact) mass is 323 g/mol. The Labute approximate surface area is 131 Å². The van der Waals surface area contributed by atoms with Crippen LogP contribution in [0.1, 0.15) is 29.4 Å². The van der Waals surface area contributed by atoms with Gasteiger partial charge < -0.3 is 20.7 Å². The van der Waals surface area contributed by atoms with Gasteiger partial charge in [0.15, 0.2) is 17.3 Å². The van der Waals surface area contributed by atoms with E-state index < -0.39 is 11.9 Å². The van der Waals surface area contributed by atoms with Gasteiger partial charge in [0, 0.05) is 22.6 Å². The van der Waals surface area contributed by atoms with E-state index in [1.807, 2.05) is 0 Å². The summed E-state index contributed by atoms with van der Waals surface area (Å²) in [6.45, 7) is 1.73. The average Bonchev–Trinajstić information content (AvgIpc) is 2.92. The van der Waals surface area contributed by atoms with Crippen LogP contribution in [0.15, 0.2) is 12.1 Å². The Bertz CT molecular complexity index is 737. The maximum Gasteiger partial charge on any atom is 0.306 e. The molecule has 0 unspecified atom stereocenters. The number of carboxylic acids is 1. The minimum Gasteiger partial charge on any atom is -0.503 e. The third-order valence-corrected chi connectivity index (χ3v) is 4.69. The SMILES string of the molecule is CC[C@@H](CC(=O)c1cc2c(N)c(O)c(OC)cc2s1)C(=O)O. The lowest BCUT2D eigenvalue weighted by atomic mass is 9.99. The van der Waals surface area contributed by atoms with Gasteiger partial charge in [0.05, 0.1) is 23.6 Å². The number of methoxy groups -OCH3 is 1. The van der Waals surface area contributed by atoms with E-state index in [1.54, 1.807) is 19.1 Å². The maximum absolute atomic E-state index is 12.3. The number of phenols is 1. The summed E-state index contributed by atoms with van der Waals surface area (Å²) in [5.74, 6) is -1.84. The molecular formula is C15H17NO5S. The van der Waals surface area contributed by atoms with Gasteiger partial charge in [-0.1, -0.05) is 6.92 Å². The minimum absolute atomic E-state index is 0.0539. The minimum atomic E-state index is -0.976. The molecule has 0 aliphatic rings. The highest BCUT2D eigenvalue weighted by Crippen LogP contribution is 2.42. The maximum atomic E-state index is 12.3. The molecule has 4 N–H and O–H groups in total. The molecule has 0 fully saturated rings. The lowest BCUT2D eigenvalue weighted by molar-refractivity contribution is -0.141. The molecule has 0 bridgehead atoms. The summed E-state index contributed by atoms with van der Waals surface area (Å²) < 4.78 is 5.74. The fraction of sp³-hybridized carbons (Fsp3) is 0.333. The number of hydrogen-bond donors (Lipinski definition) is 3. The van der Waals surface area contributed by atoms with Crippen LogP contribution >= 0.6 is 11.3 Å². The van der Waals surface area contributed by atoms with Gasteiger partial charge in [-0.15, -0.1) is 11.3 Å². The van der Waals surface area contributed by atoms with Crippen LogP contribution in [0.25, 0.3) is 10.1 Å². The van der Waals surface area contributed by atoms with Crippen LogP contribution < -0.4 is 10.5 Å². The van der Waals surface area contributed by atoms with Gasteiger partial charge in [0.1, 0.15) is 0 Å². The first-order chi connectivity index (χ1) is 10.4. The molecule has 0 saturated heterocycles. The zero-order valence-electron chi connectivity index (χ0n) is 12.3. The number of carbonyl (C=O) groups is 2. The van der Waals surface area contributed by atoms with E-state index in [1.165, 1.54) is 18.4 Å². The third-order valence-electron chi connectivity index (χ3n) is 3.57. The van der Waals surface area contributed by atoms with Crippen LogP contribution in [0.2, 0.25) is 0 Å². The fourth-order valence-corrected chi connectivity index (χ4v) is 3.25. The Kier molecular flexibility index (Phi) is 4.56. The quantitative estimate of drug-likeness (QED) is 0.428. The number of ether oxygens (including phenoxy) is 1. The number of Topliss-reactive ketones (excluding diaryl/α,β-unsaturated/α-hetero) is 1. The van der Waals surface area contributed by atoms with Crippen molar-refractivity contribution in [2.24, 2.45) is 5.92 Å². The number of carboxylic acid groups (broad SMARTS) is 1. The molecule has 1 aromatic carbocycles. The lowest BCUT2D eigenvalue weighted by Crippen LogP contribution is -2.16. The van der Waals surface area contributed by atoms with Crippen molar-refractivity contribution in [3.05, 3.63) is 17.0 Å². The van der Waals surface area contributed by atoms with Gasteiger partial charge in [0.2, 0.25) is 0 Å². The molecule has 0 aliphatic carbocycles. The van der Waals surface area contributed by atoms with Crippen molar-refractivity contribution in [3.8, 4) is 11.5 Å². The number of thiophene rings is 1. The number of rotatable bonds is 6. The molecule has 118 valence electrons. The highest BCUT2D eigenvalue weighted by molar-refractivity contribution is 7.21. The summed E-state index contributed by atoms with van der Waals surface area (Å²) in [5, 5.41) is 19.5. The molecule has 0 spiro atoms. The number of aliphatic carboxylic acids is 1. The van der Waals surface area contributed by atoms with Crippen molar-refractivity contribution in [1.82, 2.24) is 0 Å². The summed E-state index contributed by atoms with van der Waals surface area (Å²) in [6.07, 6.45) is 0.338. The van der Waals surface area contributed by atoms with E-state index >= 15 is 0 Å². The zero-order valence-corrected chi connectivity index (χ0v) is 13.1. The van der Waals surface area contributed by atoms with Gasteiger partial charge in [-0.3, -0.25) is 9.59 Å². The van der Waals surface area contributed by atoms with Crippen LogP contribution in [0, 0.1) is 5.92 Å². The Morgan fingerprint density at radius 3 is 2.64 bits per heavy atom. The zero-order chi connectivity index (χ0) is 16.4. The Balaban J connectivity index is 2.39. The molecule has 2 rings (SSSR count). The first-order valence-corrected chi connectivity index (χ1v) is 7.55. The van der Waals surface area contributed by atoms with E-state index in [-0.39, 0.29) is 29.4 Å². The molecule has 22 heavy (non-hydrogen) atoms. The van der Waals surface area contributed by atoms with E-state index in [9.17, 15) is 14.7 Å². The Morgan fingerprint density at radius 2 is 2.09 bits per heavy atom. The molecule has 6 nitrogen and oxygen atoms in total. The van der Waals surface area contributed by atoms with Crippen LogP contribution in [-0.4, -0.2) is 29.1 Å². The predicted molar refractivity (Wildman–Crippen MR) is 84.8 cm³/mol. The number of ketones is 1. The molecule has 1 heterocycles. The predicted octanol–water partition coefficient (Wildman–Crippen LogP) is 2.88. The van der Waals surface area contributed by atoms with E-state index in [0.29, 0.717) is 21.4 Å². The van der Waals surface area contributed by atoms with Crippen molar-refractivity contribution in [2.75, 3.05) is 12.8 Å². The van der Waals surface area contributed by atoms with Crippen molar-refractivity contribution < 1.29 is 24.5 Å². The third kappa shape index (κ3) is 2.85. The standard InChI is InChI=1S/C15H17NO5S/c1-3-7(15(19)20)4-9(17)12-5-8-11(22-12)6-10(21-2)14(18)13(8)16/h5-7,18H,3-4,16H2,1-2H3,(H,19,20)/t7-/m0/s1. The number of benzene rings is 1. The summed E-state index contributed by atoms with van der Waals surface area (Å²) in [4.78, 5) is 23.7. The summed E-state index contributed by atoms with van der Waals surface area (Å²) in [5.41, 5.74) is 6.00. The Hall–Kier alpha value is -2.28. The highest BCUT2D eigenvalue weighted by atomic mass is 32.1. The molecule has 1 aromatic heterocycles. The molecule has 7 heteroatoms. The molecule has 2 aromatic rings.